The molecule has 6 heteroatoms. The number of pyridine rings is 1. The Labute approximate surface area is 155 Å². The monoisotopic (exact) mass is 359 g/mol. The number of ether oxygens (including phenoxy) is 2. The van der Waals surface area contributed by atoms with Gasteiger partial charge in [-0.25, -0.2) is 4.98 Å². The lowest BCUT2D eigenvalue weighted by Gasteiger charge is -2.09. The molecule has 0 aliphatic carbocycles. The lowest BCUT2D eigenvalue weighted by molar-refractivity contribution is -0.118. The molecule has 0 aliphatic heterocycles. The van der Waals surface area contributed by atoms with E-state index in [4.69, 9.17) is 9.47 Å². The first-order valence-electron chi connectivity index (χ1n) is 8.46. The Morgan fingerprint density at radius 3 is 2.63 bits per heavy atom. The average Bonchev–Trinajstić information content (AvgIpc) is 3.18. The number of hydrogen-bond acceptors (Lipinski definition) is 4. The molecule has 6 nitrogen and oxygen atoms in total. The summed E-state index contributed by atoms with van der Waals surface area (Å²) in [5, 5.41) is 3.83. The van der Waals surface area contributed by atoms with Crippen LogP contribution >= 0.6 is 0 Å². The molecule has 2 aromatic carbocycles. The smallest absolute Gasteiger partial charge is 0.262 e. The van der Waals surface area contributed by atoms with Gasteiger partial charge in [-0.1, -0.05) is 12.1 Å². The van der Waals surface area contributed by atoms with Gasteiger partial charge in [0.25, 0.3) is 5.91 Å². The number of anilines is 1. The van der Waals surface area contributed by atoms with Gasteiger partial charge in [0.1, 0.15) is 11.5 Å². The van der Waals surface area contributed by atoms with Crippen molar-refractivity contribution < 1.29 is 14.3 Å². The van der Waals surface area contributed by atoms with Crippen LogP contribution in [0, 0.1) is 0 Å². The number of carbonyl (C=O) groups is 1. The quantitative estimate of drug-likeness (QED) is 0.536. The average molecular weight is 359 g/mol. The van der Waals surface area contributed by atoms with E-state index in [0.717, 1.165) is 16.6 Å². The molecular weight excluding hydrogens is 342 g/mol. The van der Waals surface area contributed by atoms with Gasteiger partial charge in [-0.2, -0.15) is 0 Å². The summed E-state index contributed by atoms with van der Waals surface area (Å²) in [7, 11) is 0. The molecule has 2 N–H and O–H groups in total. The Hall–Kier alpha value is -3.80. The normalized spacial score (nSPS) is 10.5. The highest BCUT2D eigenvalue weighted by Gasteiger charge is 2.07. The van der Waals surface area contributed by atoms with Crippen LogP contribution in [0.5, 0.6) is 17.4 Å². The number of fused-ring (bicyclic) bond motifs is 1. The van der Waals surface area contributed by atoms with Crippen LogP contribution in [0.2, 0.25) is 0 Å². The Kier molecular flexibility index (Phi) is 4.70. The summed E-state index contributed by atoms with van der Waals surface area (Å²) >= 11 is 0. The molecule has 27 heavy (non-hydrogen) atoms. The van der Waals surface area contributed by atoms with E-state index in [1.165, 1.54) is 0 Å². The summed E-state index contributed by atoms with van der Waals surface area (Å²) in [6, 6.07) is 20.1. The third-order valence-electron chi connectivity index (χ3n) is 3.92. The molecule has 134 valence electrons. The number of aromatic nitrogens is 2. The SMILES string of the molecule is O=C(COc1ccc(Oc2ccccn2)cc1)Nc1cccc2[nH]ccc12. The van der Waals surface area contributed by atoms with Gasteiger partial charge in [-0.3, -0.25) is 4.79 Å². The predicted octanol–water partition coefficient (Wildman–Crippen LogP) is 4.37. The van der Waals surface area contributed by atoms with E-state index in [-0.39, 0.29) is 12.5 Å². The predicted molar refractivity (Wildman–Crippen MR) is 103 cm³/mol. The van der Waals surface area contributed by atoms with Crippen molar-refractivity contribution in [3.63, 3.8) is 0 Å². The molecule has 0 saturated heterocycles. The van der Waals surface area contributed by atoms with Crippen molar-refractivity contribution in [2.75, 3.05) is 11.9 Å². The zero-order valence-corrected chi connectivity index (χ0v) is 14.4. The van der Waals surface area contributed by atoms with Gasteiger partial charge in [-0.05, 0) is 48.5 Å². The van der Waals surface area contributed by atoms with Crippen LogP contribution in [-0.4, -0.2) is 22.5 Å². The Morgan fingerprint density at radius 2 is 1.81 bits per heavy atom. The van der Waals surface area contributed by atoms with E-state index in [0.29, 0.717) is 17.4 Å². The maximum Gasteiger partial charge on any atom is 0.262 e. The Morgan fingerprint density at radius 1 is 0.963 bits per heavy atom. The molecule has 0 saturated carbocycles. The van der Waals surface area contributed by atoms with Crippen LogP contribution in [0.15, 0.2) is 79.1 Å². The van der Waals surface area contributed by atoms with Crippen molar-refractivity contribution in [2.45, 2.75) is 0 Å². The number of aromatic amines is 1. The number of hydrogen-bond donors (Lipinski definition) is 2. The zero-order chi connectivity index (χ0) is 18.5. The molecule has 1 amide bonds. The van der Waals surface area contributed by atoms with E-state index in [9.17, 15) is 4.79 Å². The van der Waals surface area contributed by atoms with Crippen molar-refractivity contribution in [3.8, 4) is 17.4 Å². The fraction of sp³-hybridized carbons (Fsp3) is 0.0476. The summed E-state index contributed by atoms with van der Waals surface area (Å²) < 4.78 is 11.2. The highest BCUT2D eigenvalue weighted by molar-refractivity contribution is 6.01. The van der Waals surface area contributed by atoms with Crippen LogP contribution in [0.4, 0.5) is 5.69 Å². The summed E-state index contributed by atoms with van der Waals surface area (Å²) in [5.74, 6) is 1.52. The van der Waals surface area contributed by atoms with Crippen molar-refractivity contribution in [1.82, 2.24) is 9.97 Å². The number of nitrogens with one attached hydrogen (secondary N) is 2. The molecule has 0 atom stereocenters. The number of carbonyl (C=O) groups excluding carboxylic acids is 1. The molecule has 4 rings (SSSR count). The molecule has 2 heterocycles. The highest BCUT2D eigenvalue weighted by Crippen LogP contribution is 2.23. The maximum absolute atomic E-state index is 12.2. The molecule has 2 aromatic heterocycles. The molecule has 0 radical (unpaired) electrons. The van der Waals surface area contributed by atoms with Crippen LogP contribution in [0.3, 0.4) is 0 Å². The summed E-state index contributed by atoms with van der Waals surface area (Å²) in [5.41, 5.74) is 1.72. The fourth-order valence-corrected chi connectivity index (χ4v) is 2.66. The standard InChI is InChI=1S/C21H17N3O3/c25-20(24-19-5-3-4-18-17(19)11-13-22-18)14-26-15-7-9-16(10-8-15)27-21-6-1-2-12-23-21/h1-13,22H,14H2,(H,24,25). The van der Waals surface area contributed by atoms with E-state index < -0.39 is 0 Å². The minimum Gasteiger partial charge on any atom is -0.484 e. The van der Waals surface area contributed by atoms with Crippen LogP contribution in [0.25, 0.3) is 10.9 Å². The second kappa shape index (κ2) is 7.61. The van der Waals surface area contributed by atoms with Crippen molar-refractivity contribution in [2.24, 2.45) is 0 Å². The van der Waals surface area contributed by atoms with Gasteiger partial charge in [0.2, 0.25) is 5.88 Å². The van der Waals surface area contributed by atoms with E-state index in [1.54, 1.807) is 36.5 Å². The number of nitrogens with zero attached hydrogens (tertiary/aromatic N) is 1. The highest BCUT2D eigenvalue weighted by atomic mass is 16.5. The van der Waals surface area contributed by atoms with E-state index in [2.05, 4.69) is 15.3 Å². The largest absolute Gasteiger partial charge is 0.484 e. The van der Waals surface area contributed by atoms with E-state index in [1.807, 2.05) is 42.6 Å². The van der Waals surface area contributed by atoms with Crippen molar-refractivity contribution in [3.05, 3.63) is 79.1 Å². The third kappa shape index (κ3) is 4.07. The fourth-order valence-electron chi connectivity index (χ4n) is 2.66. The van der Waals surface area contributed by atoms with Crippen LogP contribution in [-0.2, 0) is 4.79 Å². The number of rotatable bonds is 6. The van der Waals surface area contributed by atoms with Gasteiger partial charge in [0.05, 0.1) is 5.69 Å². The molecule has 0 fully saturated rings. The minimum absolute atomic E-state index is 0.0821. The van der Waals surface area contributed by atoms with Gasteiger partial charge < -0.3 is 19.8 Å². The topological polar surface area (TPSA) is 76.2 Å². The first kappa shape index (κ1) is 16.7. The second-order valence-corrected chi connectivity index (χ2v) is 5.82. The third-order valence-corrected chi connectivity index (χ3v) is 3.92. The number of benzene rings is 2. The lowest BCUT2D eigenvalue weighted by atomic mass is 10.2. The number of H-pyrrole nitrogens is 1. The van der Waals surface area contributed by atoms with Crippen molar-refractivity contribution >= 4 is 22.5 Å². The van der Waals surface area contributed by atoms with E-state index >= 15 is 0 Å². The zero-order valence-electron chi connectivity index (χ0n) is 14.4. The second-order valence-electron chi connectivity index (χ2n) is 5.82. The Bertz CT molecular complexity index is 1040. The maximum atomic E-state index is 12.2. The molecule has 0 unspecified atom stereocenters. The van der Waals surface area contributed by atoms with Gasteiger partial charge in [-0.15, -0.1) is 0 Å². The first-order valence-corrected chi connectivity index (χ1v) is 8.46. The Balaban J connectivity index is 1.33. The van der Waals surface area contributed by atoms with Gasteiger partial charge in [0, 0.05) is 29.4 Å². The molecular formula is C21H17N3O3. The van der Waals surface area contributed by atoms with Crippen LogP contribution < -0.4 is 14.8 Å². The van der Waals surface area contributed by atoms with Crippen LogP contribution in [0.1, 0.15) is 0 Å². The lowest BCUT2D eigenvalue weighted by Crippen LogP contribution is -2.20. The molecule has 0 bridgehead atoms. The molecule has 0 aliphatic rings. The summed E-state index contributed by atoms with van der Waals surface area (Å²) in [6.07, 6.45) is 3.50. The summed E-state index contributed by atoms with van der Waals surface area (Å²) in [4.78, 5) is 19.4. The molecule has 0 spiro atoms. The minimum atomic E-state index is -0.225. The summed E-state index contributed by atoms with van der Waals surface area (Å²) in [6.45, 7) is -0.0821. The molecule has 4 aromatic rings. The first-order chi connectivity index (χ1) is 13.3. The van der Waals surface area contributed by atoms with Crippen molar-refractivity contribution in [1.29, 1.82) is 0 Å². The number of amides is 1. The van der Waals surface area contributed by atoms with Gasteiger partial charge >= 0.3 is 0 Å². The van der Waals surface area contributed by atoms with Gasteiger partial charge in [0.15, 0.2) is 6.61 Å².